The summed E-state index contributed by atoms with van der Waals surface area (Å²) in [6.45, 7) is 5.83. The molecule has 0 fully saturated rings. The van der Waals surface area contributed by atoms with Crippen LogP contribution in [0.2, 0.25) is 0 Å². The van der Waals surface area contributed by atoms with Crippen LogP contribution in [0.4, 0.5) is 4.39 Å². The van der Waals surface area contributed by atoms with Crippen LogP contribution < -0.4 is 0 Å². The van der Waals surface area contributed by atoms with Crippen LogP contribution in [0.5, 0.6) is 0 Å². The SMILES string of the molecule is COC=O.Cc1cc2c(F)c(C)c(C)nc2[nH]1. The molecule has 4 nitrogen and oxygen atoms in total. The highest BCUT2D eigenvalue weighted by atomic mass is 19.1. The molecule has 2 aromatic heterocycles. The third kappa shape index (κ3) is 2.81. The Morgan fingerprint density at radius 1 is 1.41 bits per heavy atom. The average Bonchev–Trinajstić information content (AvgIpc) is 2.67. The summed E-state index contributed by atoms with van der Waals surface area (Å²) in [5.41, 5.74) is 2.95. The molecule has 0 saturated carbocycles. The first-order valence-electron chi connectivity index (χ1n) is 5.09. The molecule has 0 saturated heterocycles. The van der Waals surface area contributed by atoms with E-state index in [2.05, 4.69) is 14.7 Å². The molecule has 92 valence electrons. The number of fused-ring (bicyclic) bond motifs is 1. The van der Waals surface area contributed by atoms with Gasteiger partial charge in [0.2, 0.25) is 0 Å². The van der Waals surface area contributed by atoms with Crippen molar-refractivity contribution in [1.29, 1.82) is 0 Å². The number of aryl methyl sites for hydroxylation is 2. The van der Waals surface area contributed by atoms with Crippen LogP contribution in [0.3, 0.4) is 0 Å². The number of nitrogens with zero attached hydrogens (tertiary/aromatic N) is 1. The van der Waals surface area contributed by atoms with E-state index in [9.17, 15) is 4.39 Å². The molecule has 2 heterocycles. The second kappa shape index (κ2) is 5.43. The van der Waals surface area contributed by atoms with Gasteiger partial charge >= 0.3 is 0 Å². The number of aromatic amines is 1. The van der Waals surface area contributed by atoms with Gasteiger partial charge in [-0.2, -0.15) is 0 Å². The Balaban J connectivity index is 0.000000317. The third-order valence-electron chi connectivity index (χ3n) is 2.42. The standard InChI is InChI=1S/C10H11FN2.C2H4O2/c1-5-4-8-9(11)6(2)7(3)13-10(8)12-5;1-4-2-3/h4H,1-3H3,(H,12,13);2H,1H3. The molecule has 0 bridgehead atoms. The van der Waals surface area contributed by atoms with E-state index in [0.29, 0.717) is 23.1 Å². The predicted octanol–water partition coefficient (Wildman–Crippen LogP) is 2.42. The van der Waals surface area contributed by atoms with Crippen molar-refractivity contribution >= 4 is 17.5 Å². The van der Waals surface area contributed by atoms with Crippen molar-refractivity contribution in [1.82, 2.24) is 9.97 Å². The number of carbonyl (C=O) groups is 1. The number of pyridine rings is 1. The summed E-state index contributed by atoms with van der Waals surface area (Å²) in [6, 6.07) is 1.78. The molecular formula is C12H15FN2O2. The molecule has 1 N–H and O–H groups in total. The number of carbonyl (C=O) groups excluding carboxylic acids is 1. The van der Waals surface area contributed by atoms with Crippen molar-refractivity contribution in [3.63, 3.8) is 0 Å². The molecule has 2 aromatic rings. The summed E-state index contributed by atoms with van der Waals surface area (Å²) in [7, 11) is 1.31. The van der Waals surface area contributed by atoms with E-state index in [1.165, 1.54) is 7.11 Å². The van der Waals surface area contributed by atoms with Crippen molar-refractivity contribution in [2.45, 2.75) is 20.8 Å². The lowest BCUT2D eigenvalue weighted by molar-refractivity contribution is -0.126. The number of ether oxygens (including phenoxy) is 1. The van der Waals surface area contributed by atoms with Crippen molar-refractivity contribution in [2.75, 3.05) is 7.11 Å². The van der Waals surface area contributed by atoms with E-state index < -0.39 is 0 Å². The Morgan fingerprint density at radius 3 is 2.53 bits per heavy atom. The zero-order chi connectivity index (χ0) is 13.0. The maximum absolute atomic E-state index is 13.6. The fourth-order valence-electron chi connectivity index (χ4n) is 1.44. The molecule has 0 aromatic carbocycles. The van der Waals surface area contributed by atoms with Crippen LogP contribution in [0.15, 0.2) is 6.07 Å². The van der Waals surface area contributed by atoms with Gasteiger partial charge in [0.15, 0.2) is 0 Å². The highest BCUT2D eigenvalue weighted by molar-refractivity contribution is 5.78. The third-order valence-corrected chi connectivity index (χ3v) is 2.42. The predicted molar refractivity (Wildman–Crippen MR) is 63.3 cm³/mol. The Morgan fingerprint density at radius 2 is 2.00 bits per heavy atom. The Labute approximate surface area is 98.8 Å². The smallest absolute Gasteiger partial charge is 0.292 e. The first-order valence-corrected chi connectivity index (χ1v) is 5.09. The quantitative estimate of drug-likeness (QED) is 0.776. The second-order valence-electron chi connectivity index (χ2n) is 3.68. The van der Waals surface area contributed by atoms with Crippen molar-refractivity contribution < 1.29 is 13.9 Å². The van der Waals surface area contributed by atoms with Gasteiger partial charge in [-0.15, -0.1) is 0 Å². The molecule has 0 radical (unpaired) electrons. The minimum Gasteiger partial charge on any atom is -0.471 e. The van der Waals surface area contributed by atoms with Crippen LogP contribution in [-0.4, -0.2) is 23.5 Å². The zero-order valence-electron chi connectivity index (χ0n) is 10.3. The van der Waals surface area contributed by atoms with Crippen LogP contribution in [0, 0.1) is 26.6 Å². The van der Waals surface area contributed by atoms with Crippen molar-refractivity contribution in [2.24, 2.45) is 0 Å². The summed E-state index contributed by atoms with van der Waals surface area (Å²) in [5.74, 6) is -0.160. The normalized spacial score (nSPS) is 9.71. The molecule has 0 atom stereocenters. The lowest BCUT2D eigenvalue weighted by Gasteiger charge is -2.00. The number of methoxy groups -OCH3 is 1. The monoisotopic (exact) mass is 238 g/mol. The van der Waals surface area contributed by atoms with Crippen LogP contribution in [0.25, 0.3) is 11.0 Å². The summed E-state index contributed by atoms with van der Waals surface area (Å²) in [4.78, 5) is 16.2. The van der Waals surface area contributed by atoms with Crippen LogP contribution >= 0.6 is 0 Å². The molecule has 0 unspecified atom stereocenters. The largest absolute Gasteiger partial charge is 0.471 e. The lowest BCUT2D eigenvalue weighted by Crippen LogP contribution is -1.92. The molecule has 17 heavy (non-hydrogen) atoms. The van der Waals surface area contributed by atoms with Crippen LogP contribution in [0.1, 0.15) is 17.0 Å². The molecule has 0 spiro atoms. The lowest BCUT2D eigenvalue weighted by atomic mass is 10.2. The molecule has 0 aliphatic heterocycles. The van der Waals surface area contributed by atoms with E-state index in [4.69, 9.17) is 4.79 Å². The average molecular weight is 238 g/mol. The topological polar surface area (TPSA) is 55.0 Å². The van der Waals surface area contributed by atoms with E-state index in [1.807, 2.05) is 13.8 Å². The summed E-state index contributed by atoms with van der Waals surface area (Å²) < 4.78 is 17.5. The maximum Gasteiger partial charge on any atom is 0.292 e. The first kappa shape index (κ1) is 13.2. The fourth-order valence-corrected chi connectivity index (χ4v) is 1.44. The number of hydrogen-bond acceptors (Lipinski definition) is 3. The van der Waals surface area contributed by atoms with Gasteiger partial charge in [0.05, 0.1) is 12.5 Å². The molecule has 0 aliphatic carbocycles. The number of halogens is 1. The van der Waals surface area contributed by atoms with Gasteiger partial charge in [-0.3, -0.25) is 4.79 Å². The second-order valence-corrected chi connectivity index (χ2v) is 3.68. The number of H-pyrrole nitrogens is 1. The zero-order valence-corrected chi connectivity index (χ0v) is 10.3. The van der Waals surface area contributed by atoms with Gasteiger partial charge < -0.3 is 9.72 Å². The minimum absolute atomic E-state index is 0.160. The number of hydrogen-bond donors (Lipinski definition) is 1. The summed E-state index contributed by atoms with van der Waals surface area (Å²) >= 11 is 0. The highest BCUT2D eigenvalue weighted by Crippen LogP contribution is 2.21. The van der Waals surface area contributed by atoms with Gasteiger partial charge in [-0.05, 0) is 26.8 Å². The summed E-state index contributed by atoms with van der Waals surface area (Å²) in [5, 5.41) is 0.584. The highest BCUT2D eigenvalue weighted by Gasteiger charge is 2.10. The fraction of sp³-hybridized carbons (Fsp3) is 0.333. The number of rotatable bonds is 1. The minimum atomic E-state index is -0.160. The van der Waals surface area contributed by atoms with Gasteiger partial charge in [0.25, 0.3) is 6.47 Å². The van der Waals surface area contributed by atoms with E-state index >= 15 is 0 Å². The van der Waals surface area contributed by atoms with Crippen molar-refractivity contribution in [3.05, 3.63) is 28.8 Å². The van der Waals surface area contributed by atoms with Crippen molar-refractivity contribution in [3.8, 4) is 0 Å². The van der Waals surface area contributed by atoms with E-state index in [-0.39, 0.29) is 5.82 Å². The first-order chi connectivity index (χ1) is 8.01. The molecule has 5 heteroatoms. The van der Waals surface area contributed by atoms with Gasteiger partial charge in [0, 0.05) is 17.0 Å². The van der Waals surface area contributed by atoms with E-state index in [1.54, 1.807) is 13.0 Å². The Bertz CT molecular complexity index is 535. The number of nitrogens with one attached hydrogen (secondary N) is 1. The maximum atomic E-state index is 13.6. The van der Waals surface area contributed by atoms with Gasteiger partial charge in [-0.25, -0.2) is 9.37 Å². The molecule has 2 rings (SSSR count). The Kier molecular flexibility index (Phi) is 4.20. The van der Waals surface area contributed by atoms with Gasteiger partial charge in [0.1, 0.15) is 11.5 Å². The number of aromatic nitrogens is 2. The molecule has 0 aliphatic rings. The van der Waals surface area contributed by atoms with Crippen LogP contribution in [-0.2, 0) is 9.53 Å². The van der Waals surface area contributed by atoms with E-state index in [0.717, 1.165) is 11.4 Å². The summed E-state index contributed by atoms with van der Waals surface area (Å²) in [6.07, 6.45) is 0. The molecular weight excluding hydrogens is 223 g/mol. The Hall–Kier alpha value is -1.91. The molecule has 0 amide bonds. The van der Waals surface area contributed by atoms with Gasteiger partial charge in [-0.1, -0.05) is 0 Å².